The number of amides is 1. The molecule has 76 valence electrons. The molecule has 3 nitrogen and oxygen atoms in total. The number of carbonyl (C=O) groups is 1. The Morgan fingerprint density at radius 1 is 1.57 bits per heavy atom. The van der Waals surface area contributed by atoms with E-state index in [9.17, 15) is 18.0 Å². The Kier molecular flexibility index (Phi) is 3.29. The van der Waals surface area contributed by atoms with E-state index >= 15 is 0 Å². The van der Waals surface area contributed by atoms with Crippen LogP contribution in [0.15, 0.2) is 6.07 Å². The van der Waals surface area contributed by atoms with Gasteiger partial charge in [-0.15, -0.1) is 0 Å². The summed E-state index contributed by atoms with van der Waals surface area (Å²) in [5.41, 5.74) is 3.64. The van der Waals surface area contributed by atoms with E-state index in [-0.39, 0.29) is 9.39 Å². The highest BCUT2D eigenvalue weighted by atomic mass is 127. The van der Waals surface area contributed by atoms with Crippen LogP contribution in [0.2, 0.25) is 0 Å². The zero-order chi connectivity index (χ0) is 10.9. The van der Waals surface area contributed by atoms with Crippen molar-refractivity contribution < 1.29 is 18.0 Å². The van der Waals surface area contributed by atoms with Gasteiger partial charge in [0.1, 0.15) is 15.2 Å². The van der Waals surface area contributed by atoms with Gasteiger partial charge in [0, 0.05) is 6.07 Å². The zero-order valence-electron chi connectivity index (χ0n) is 6.60. The lowest BCUT2D eigenvalue weighted by Gasteiger charge is -2.05. The summed E-state index contributed by atoms with van der Waals surface area (Å²) in [4.78, 5) is 14.0. The number of halogens is 4. The van der Waals surface area contributed by atoms with Crippen LogP contribution in [0.4, 0.5) is 13.2 Å². The Morgan fingerprint density at radius 3 is 2.50 bits per heavy atom. The van der Waals surface area contributed by atoms with Crippen LogP contribution in [0.3, 0.4) is 0 Å². The van der Waals surface area contributed by atoms with E-state index in [1.807, 2.05) is 0 Å². The maximum absolute atomic E-state index is 13.0. The number of nitrogens with two attached hydrogens (primary N) is 1. The van der Waals surface area contributed by atoms with E-state index in [2.05, 4.69) is 4.98 Å². The van der Waals surface area contributed by atoms with Gasteiger partial charge in [-0.1, -0.05) is 0 Å². The Bertz CT molecular complexity index is 360. The van der Waals surface area contributed by atoms with Crippen LogP contribution in [0.25, 0.3) is 0 Å². The molecule has 1 aromatic rings. The molecule has 1 aromatic heterocycles. The van der Waals surface area contributed by atoms with Crippen molar-refractivity contribution in [3.8, 4) is 0 Å². The average molecular weight is 316 g/mol. The summed E-state index contributed by atoms with van der Waals surface area (Å²) >= 11 is 1.42. The zero-order valence-corrected chi connectivity index (χ0v) is 8.76. The monoisotopic (exact) mass is 316 g/mol. The molecule has 14 heavy (non-hydrogen) atoms. The van der Waals surface area contributed by atoms with Gasteiger partial charge >= 0.3 is 0 Å². The lowest BCUT2D eigenvalue weighted by atomic mass is 10.2. The van der Waals surface area contributed by atoms with Crippen LogP contribution in [0.1, 0.15) is 22.5 Å². The summed E-state index contributed by atoms with van der Waals surface area (Å²) < 4.78 is 37.2. The molecule has 0 aliphatic rings. The van der Waals surface area contributed by atoms with Crippen molar-refractivity contribution in [1.82, 2.24) is 4.98 Å². The van der Waals surface area contributed by atoms with E-state index in [0.717, 1.165) is 0 Å². The molecular formula is C7H4F3IN2O. The van der Waals surface area contributed by atoms with E-state index in [1.54, 1.807) is 0 Å². The van der Waals surface area contributed by atoms with Crippen molar-refractivity contribution in [2.75, 3.05) is 0 Å². The first kappa shape index (κ1) is 11.2. The number of nitrogens with zero attached hydrogens (tertiary/aromatic N) is 1. The van der Waals surface area contributed by atoms with Crippen LogP contribution in [0.5, 0.6) is 0 Å². The molecular weight excluding hydrogens is 312 g/mol. The van der Waals surface area contributed by atoms with Gasteiger partial charge in [-0.3, -0.25) is 4.79 Å². The SMILES string of the molecule is NC(=O)c1cc(F)c(C(F)F)c(I)n1. The number of hydrogen-bond acceptors (Lipinski definition) is 2. The van der Waals surface area contributed by atoms with Crippen LogP contribution in [-0.2, 0) is 0 Å². The molecule has 1 rings (SSSR count). The minimum Gasteiger partial charge on any atom is -0.364 e. The van der Waals surface area contributed by atoms with Gasteiger partial charge in [0.2, 0.25) is 0 Å². The maximum Gasteiger partial charge on any atom is 0.269 e. The first-order valence-electron chi connectivity index (χ1n) is 3.37. The predicted octanol–water partition coefficient (Wildman–Crippen LogP) is 1.86. The molecule has 0 radical (unpaired) electrons. The molecule has 0 unspecified atom stereocenters. The van der Waals surface area contributed by atoms with E-state index in [4.69, 9.17) is 5.73 Å². The van der Waals surface area contributed by atoms with Crippen molar-refractivity contribution in [3.05, 3.63) is 26.8 Å². The first-order chi connectivity index (χ1) is 6.43. The Hall–Kier alpha value is -0.860. The third-order valence-electron chi connectivity index (χ3n) is 1.43. The number of rotatable bonds is 2. The van der Waals surface area contributed by atoms with Crippen LogP contribution >= 0.6 is 22.6 Å². The highest BCUT2D eigenvalue weighted by Gasteiger charge is 2.20. The van der Waals surface area contributed by atoms with Gasteiger partial charge in [-0.2, -0.15) is 0 Å². The number of hydrogen-bond donors (Lipinski definition) is 1. The Morgan fingerprint density at radius 2 is 2.14 bits per heavy atom. The third kappa shape index (κ3) is 2.14. The molecule has 0 aromatic carbocycles. The summed E-state index contributed by atoms with van der Waals surface area (Å²) in [5, 5.41) is 0. The number of pyridine rings is 1. The second-order valence-electron chi connectivity index (χ2n) is 2.36. The normalized spacial score (nSPS) is 10.6. The van der Waals surface area contributed by atoms with E-state index < -0.39 is 23.7 Å². The molecule has 0 bridgehead atoms. The molecule has 0 saturated carbocycles. The summed E-state index contributed by atoms with van der Waals surface area (Å²) in [5.74, 6) is -2.13. The highest BCUT2D eigenvalue weighted by Crippen LogP contribution is 2.26. The molecule has 0 spiro atoms. The predicted molar refractivity (Wildman–Crippen MR) is 50.4 cm³/mol. The second kappa shape index (κ2) is 4.11. The molecule has 1 heterocycles. The van der Waals surface area contributed by atoms with Crippen molar-refractivity contribution >= 4 is 28.5 Å². The van der Waals surface area contributed by atoms with Gasteiger partial charge < -0.3 is 5.73 Å². The van der Waals surface area contributed by atoms with Crippen LogP contribution in [0, 0.1) is 9.52 Å². The Balaban J connectivity index is 3.32. The number of alkyl halides is 2. The van der Waals surface area contributed by atoms with Crippen molar-refractivity contribution in [1.29, 1.82) is 0 Å². The van der Waals surface area contributed by atoms with Crippen molar-refractivity contribution in [2.45, 2.75) is 6.43 Å². The summed E-state index contributed by atoms with van der Waals surface area (Å²) in [6.07, 6.45) is -2.96. The lowest BCUT2D eigenvalue weighted by molar-refractivity contribution is 0.0993. The third-order valence-corrected chi connectivity index (χ3v) is 2.25. The van der Waals surface area contributed by atoms with Crippen LogP contribution in [-0.4, -0.2) is 10.9 Å². The van der Waals surface area contributed by atoms with Gasteiger partial charge in [-0.05, 0) is 22.6 Å². The smallest absolute Gasteiger partial charge is 0.269 e. The fraction of sp³-hybridized carbons (Fsp3) is 0.143. The van der Waals surface area contributed by atoms with Gasteiger partial charge in [0.15, 0.2) is 0 Å². The molecule has 0 aliphatic heterocycles. The molecule has 2 N–H and O–H groups in total. The summed E-state index contributed by atoms with van der Waals surface area (Å²) in [6.45, 7) is 0. The summed E-state index contributed by atoms with van der Waals surface area (Å²) in [7, 11) is 0. The van der Waals surface area contributed by atoms with Crippen molar-refractivity contribution in [2.24, 2.45) is 5.73 Å². The quantitative estimate of drug-likeness (QED) is 0.669. The van der Waals surface area contributed by atoms with Gasteiger partial charge in [0.05, 0.1) is 5.56 Å². The van der Waals surface area contributed by atoms with Crippen LogP contribution < -0.4 is 5.73 Å². The highest BCUT2D eigenvalue weighted by molar-refractivity contribution is 14.1. The largest absolute Gasteiger partial charge is 0.364 e. The van der Waals surface area contributed by atoms with Gasteiger partial charge in [-0.25, -0.2) is 18.2 Å². The second-order valence-corrected chi connectivity index (χ2v) is 3.38. The molecule has 0 fully saturated rings. The molecule has 0 aliphatic carbocycles. The number of primary amides is 1. The maximum atomic E-state index is 13.0. The first-order valence-corrected chi connectivity index (χ1v) is 4.45. The number of carbonyl (C=O) groups excluding carboxylic acids is 1. The van der Waals surface area contributed by atoms with E-state index in [1.165, 1.54) is 22.6 Å². The topological polar surface area (TPSA) is 56.0 Å². The minimum atomic E-state index is -2.96. The molecule has 0 saturated heterocycles. The molecule has 7 heteroatoms. The standard InChI is InChI=1S/C7H4F3IN2O/c8-2-1-3(7(12)14)13-6(11)4(2)5(9)10/h1,5H,(H2,12,14). The lowest BCUT2D eigenvalue weighted by Crippen LogP contribution is -2.15. The molecule has 1 amide bonds. The summed E-state index contributed by atoms with van der Waals surface area (Å²) in [6, 6.07) is 0.603. The van der Waals surface area contributed by atoms with Gasteiger partial charge in [0.25, 0.3) is 12.3 Å². The minimum absolute atomic E-state index is 0.258. The molecule has 0 atom stereocenters. The average Bonchev–Trinajstić information content (AvgIpc) is 2.01. The Labute approximate surface area is 90.6 Å². The fourth-order valence-corrected chi connectivity index (χ4v) is 1.57. The van der Waals surface area contributed by atoms with Crippen molar-refractivity contribution in [3.63, 3.8) is 0 Å². The van der Waals surface area contributed by atoms with E-state index in [0.29, 0.717) is 6.07 Å². The fourth-order valence-electron chi connectivity index (χ4n) is 0.815. The number of aromatic nitrogens is 1.